The van der Waals surface area contributed by atoms with Gasteiger partial charge >= 0.3 is 728 Å². The molecule has 832 valence electrons. The second-order valence-electron chi connectivity index (χ2n) is 11.3. The predicted octanol–water partition coefficient (Wildman–Crippen LogP) is -80.4. The number of hydrogen-bond acceptors (Lipinski definition) is 71. The van der Waals surface area contributed by atoms with E-state index in [4.69, 9.17) is 456 Å². The second-order valence-corrected chi connectivity index (χ2v) is 33.8. The van der Waals surface area contributed by atoms with Gasteiger partial charge in [0.05, 0.1) is 0 Å². The Kier molecular flexibility index (Phi) is 304. The molecule has 0 bridgehead atoms. The van der Waals surface area contributed by atoms with E-state index in [0.717, 1.165) is 0 Å². The van der Waals surface area contributed by atoms with Crippen LogP contribution in [0.4, 0.5) is 0 Å². The van der Waals surface area contributed by atoms with Crippen LogP contribution >= 0.6 is 0 Å². The Morgan fingerprint density at radius 3 is 0.0738 bits per heavy atom. The van der Waals surface area contributed by atoms with Crippen molar-refractivity contribution in [3.8, 4) is 0 Å². The van der Waals surface area contributed by atoms with Gasteiger partial charge in [0.15, 0.2) is 0 Å². The van der Waals surface area contributed by atoms with Crippen LogP contribution in [0.5, 0.6) is 0 Å². The minimum Gasteiger partial charge on any atom is -0.759 e. The smallest absolute Gasteiger partial charge is 0.759 e. The molecular weight excluding hydrogens is 2930 g/mol. The molecule has 0 saturated carbocycles. The Morgan fingerprint density at radius 1 is 0.0738 bits per heavy atom. The van der Waals surface area contributed by atoms with Gasteiger partial charge in [-0.2, -0.15) is 135 Å². The van der Waals surface area contributed by atoms with Crippen molar-refractivity contribution >= 4 is 270 Å². The Labute approximate surface area is 1260 Å². The summed E-state index contributed by atoms with van der Waals surface area (Å²) in [6, 6.07) is 0. The molecular formula is H33Na19O104S26. The Hall–Kier alpha value is 15.6. The summed E-state index contributed by atoms with van der Waals surface area (Å²) in [4.78, 5) is 0. The molecule has 0 spiro atoms. The van der Waals surface area contributed by atoms with Crippen LogP contribution in [0.3, 0.4) is 0 Å². The predicted molar refractivity (Wildman–Crippen MR) is 333 cm³/mol. The molecule has 149 heavy (non-hydrogen) atoms. The van der Waals surface area contributed by atoms with Crippen molar-refractivity contribution in [1.82, 2.24) is 0 Å². The van der Waals surface area contributed by atoms with Gasteiger partial charge in [-0.15, -0.1) is 0 Å². The first-order valence-corrected chi connectivity index (χ1v) is 53.6. The zero-order valence-corrected chi connectivity index (χ0v) is 133. The van der Waals surface area contributed by atoms with E-state index in [0.29, 0.717) is 0 Å². The van der Waals surface area contributed by atoms with Crippen molar-refractivity contribution in [2.45, 2.75) is 0 Å². The zero-order valence-electron chi connectivity index (χ0n) is 73.4. The Balaban J connectivity index is -0.0000000175. The van der Waals surface area contributed by atoms with Crippen LogP contribution in [0.2, 0.25) is 0 Å². The van der Waals surface area contributed by atoms with Crippen LogP contribution in [0.25, 0.3) is 0 Å². The van der Waals surface area contributed by atoms with Gasteiger partial charge in [-0.1, -0.05) is 0 Å². The first-order valence-electron chi connectivity index (χ1n) is 17.9. The van der Waals surface area contributed by atoms with Crippen molar-refractivity contribution in [3.05, 3.63) is 0 Å². The van der Waals surface area contributed by atoms with Gasteiger partial charge in [-0.05, 0) is 0 Å². The van der Waals surface area contributed by atoms with Gasteiger partial charge in [-0.25, -0.2) is 8.42 Å². The molecule has 0 unspecified atom stereocenters. The first kappa shape index (κ1) is 308. The summed E-state index contributed by atoms with van der Waals surface area (Å²) in [5, 5.41) is 0. The van der Waals surface area contributed by atoms with Crippen molar-refractivity contribution < 1.29 is 1020 Å². The van der Waals surface area contributed by atoms with E-state index in [1.807, 2.05) is 0 Å². The largest absolute Gasteiger partial charge is 1.00 e. The van der Waals surface area contributed by atoms with Gasteiger partial charge in [-0.3, -0.25) is 226 Å². The Bertz CT molecular complexity index is 4170. The minimum atomic E-state index is -5.17. The van der Waals surface area contributed by atoms with Crippen LogP contribution in [0.1, 0.15) is 0 Å². The van der Waals surface area contributed by atoms with Gasteiger partial charge in [0.2, 0.25) is 10.4 Å². The van der Waals surface area contributed by atoms with E-state index in [2.05, 4.69) is 0 Å². The van der Waals surface area contributed by atoms with Crippen molar-refractivity contribution in [1.29, 1.82) is 0 Å². The quantitative estimate of drug-likeness (QED) is 0.0608. The molecule has 0 aromatic rings. The molecule has 0 rings (SSSR count). The molecule has 0 fully saturated rings. The molecule has 104 nitrogen and oxygen atoms in total. The second kappa shape index (κ2) is 147. The average molecular weight is 2970 g/mol. The van der Waals surface area contributed by atoms with E-state index < -0.39 is 270 Å². The summed E-state index contributed by atoms with van der Waals surface area (Å²) in [6.07, 6.45) is 0. The summed E-state index contributed by atoms with van der Waals surface area (Å²) in [5.41, 5.74) is 0. The maximum Gasteiger partial charge on any atom is 1.00 e. The van der Waals surface area contributed by atoms with E-state index in [-0.39, 0.29) is 562 Å². The summed E-state index contributed by atoms with van der Waals surface area (Å²) in [7, 11) is -126. The molecule has 149 heteroatoms. The van der Waals surface area contributed by atoms with Crippen LogP contribution in [-0.4, -0.2) is 456 Å². The SMILES string of the molecule is O=S(=O)(O)O.O=S(=O)(O)O.O=S(=O)(O)O.O=S(=O)(O)O.O=S(=O)(O)O.O=S(=O)(O)O.O=S(=O)(O)O.O=S(=O)(O)O.O=S(=O)(O)O.O=S(=O)(O)O.O=S(=O)(O)O.O=S(=O)(O)O.O=S(=O)(O)O.O=S(=O)(O)O.O=S(=O)(O)O.O=S(=O)(O)O.O=S(=O)([O-])O.O=S(=O)([O-])[O-].O=S(=O)([O-])[O-].O=S(=O)([O-])[O-].O=S(=O)([O-])[O-].O=S(=O)([O-])[O-].O=S(=O)([O-])[O-].O=S(=O)([O-])[O-].O=S(=O)([O-])[O-].O=S(=O)([O-])[O-].[Na+].[Na+].[Na+].[Na+].[Na+].[Na+].[Na+].[Na+].[Na+].[Na+].[Na+].[Na+].[Na+].[Na+].[Na+].[Na+].[Na+].[Na+].[Na+]. The van der Waals surface area contributed by atoms with E-state index in [1.165, 1.54) is 0 Å². The van der Waals surface area contributed by atoms with Crippen molar-refractivity contribution in [2.24, 2.45) is 0 Å². The summed E-state index contributed by atoms with van der Waals surface area (Å²) in [5.74, 6) is 0. The summed E-state index contributed by atoms with van der Waals surface area (Å²) >= 11 is 0. The summed E-state index contributed by atoms with van der Waals surface area (Å²) in [6.45, 7) is 0. The molecule has 0 aromatic heterocycles. The molecule has 0 amide bonds. The monoisotopic (exact) mass is 2960 g/mol. The fraction of sp³-hybridized carbons (Fsp3) is 0. The van der Waals surface area contributed by atoms with E-state index >= 15 is 0 Å². The minimum absolute atomic E-state index is 0. The standard InChI is InChI=1S/19Na.26H2O4S/c;;;;;;;;;;;;;;;;;;;26*1-5(2,3)4/h;;;;;;;;;;;;;;;;;;;26*(H2,1,2,3,4)/q19*+1;;;;;;;;;;;;;;;;;;;;;;;;;;/p-19. The van der Waals surface area contributed by atoms with E-state index in [9.17, 15) is 0 Å². The maximum atomic E-state index is 8.74. The fourth-order valence-corrected chi connectivity index (χ4v) is 0. The van der Waals surface area contributed by atoms with Crippen LogP contribution in [0, 0.1) is 0 Å². The van der Waals surface area contributed by atoms with Crippen molar-refractivity contribution in [2.75, 3.05) is 0 Å². The van der Waals surface area contributed by atoms with Gasteiger partial charge < -0.3 is 86.5 Å². The third-order valence-corrected chi connectivity index (χ3v) is 0. The van der Waals surface area contributed by atoms with Crippen LogP contribution in [0.15, 0.2) is 0 Å². The third kappa shape index (κ3) is 17500. The molecule has 0 aliphatic heterocycles. The molecule has 0 aliphatic carbocycles. The zero-order chi connectivity index (χ0) is 117. The molecule has 0 heterocycles. The van der Waals surface area contributed by atoms with Crippen molar-refractivity contribution in [3.63, 3.8) is 0 Å². The third-order valence-electron chi connectivity index (χ3n) is 0. The first-order chi connectivity index (χ1) is 52.0. The van der Waals surface area contributed by atoms with E-state index in [1.54, 1.807) is 0 Å². The Morgan fingerprint density at radius 2 is 0.0738 bits per heavy atom. The number of rotatable bonds is 0. The van der Waals surface area contributed by atoms with Gasteiger partial charge in [0.1, 0.15) is 0 Å². The molecule has 0 radical (unpaired) electrons. The van der Waals surface area contributed by atoms with Crippen LogP contribution in [-0.2, 0) is 270 Å². The summed E-state index contributed by atoms with van der Waals surface area (Å²) < 4.78 is 845. The van der Waals surface area contributed by atoms with Crippen LogP contribution < -0.4 is 562 Å². The van der Waals surface area contributed by atoms with Gasteiger partial charge in [0, 0.05) is 93.6 Å². The normalized spacial score (nSPS) is 10.1. The fourth-order valence-electron chi connectivity index (χ4n) is 0. The molecule has 0 atom stereocenters. The average Bonchev–Trinajstić information content (AvgIpc) is 3.06. The topological polar surface area (TPSA) is 1990 Å². The van der Waals surface area contributed by atoms with Gasteiger partial charge in [0.25, 0.3) is 0 Å². The molecule has 0 saturated heterocycles. The molecule has 0 aliphatic rings. The molecule has 33 N–H and O–H groups in total. The number of hydrogen-bond donors (Lipinski definition) is 33. The molecule has 0 aromatic carbocycles. The maximum absolute atomic E-state index is 8.74.